The fourth-order valence-corrected chi connectivity index (χ4v) is 2.21. The van der Waals surface area contributed by atoms with Crippen LogP contribution in [0.5, 0.6) is 5.75 Å². The molecule has 0 fully saturated rings. The Kier molecular flexibility index (Phi) is 7.01. The molecule has 1 unspecified atom stereocenters. The standard InChI is InChI=1S/C19H18ClN3O3/c1-13(26-17-8-4-15(20)5-9-17)19(25)22-12-14-2-6-16(7-3-14)23-18(24)10-11-21/h2-9,13H,10,12H2,1H3,(H,22,25)(H,23,24). The van der Waals surface area contributed by atoms with Crippen LogP contribution in [0.3, 0.4) is 0 Å². The van der Waals surface area contributed by atoms with E-state index in [0.29, 0.717) is 23.0 Å². The highest BCUT2D eigenvalue weighted by Crippen LogP contribution is 2.17. The van der Waals surface area contributed by atoms with Gasteiger partial charge in [0.05, 0.1) is 6.07 Å². The number of hydrogen-bond acceptors (Lipinski definition) is 4. The Morgan fingerprint density at radius 2 is 1.81 bits per heavy atom. The van der Waals surface area contributed by atoms with Crippen LogP contribution >= 0.6 is 11.6 Å². The number of carbonyl (C=O) groups excluding carboxylic acids is 2. The average molecular weight is 372 g/mol. The van der Waals surface area contributed by atoms with Crippen LogP contribution in [-0.4, -0.2) is 17.9 Å². The molecule has 2 rings (SSSR count). The van der Waals surface area contributed by atoms with E-state index in [0.717, 1.165) is 5.56 Å². The fraction of sp³-hybridized carbons (Fsp3) is 0.211. The van der Waals surface area contributed by atoms with Gasteiger partial charge in [-0.15, -0.1) is 0 Å². The maximum atomic E-state index is 12.1. The van der Waals surface area contributed by atoms with Gasteiger partial charge in [0, 0.05) is 17.3 Å². The van der Waals surface area contributed by atoms with Gasteiger partial charge in [-0.3, -0.25) is 9.59 Å². The monoisotopic (exact) mass is 371 g/mol. The van der Waals surface area contributed by atoms with Crippen LogP contribution in [0.25, 0.3) is 0 Å². The SMILES string of the molecule is CC(Oc1ccc(Cl)cc1)C(=O)NCc1ccc(NC(=O)CC#N)cc1. The first-order valence-corrected chi connectivity index (χ1v) is 8.31. The summed E-state index contributed by atoms with van der Waals surface area (Å²) in [6.07, 6.45) is -0.843. The van der Waals surface area contributed by atoms with Crippen molar-refractivity contribution in [2.45, 2.75) is 26.0 Å². The average Bonchev–Trinajstić information content (AvgIpc) is 2.63. The summed E-state index contributed by atoms with van der Waals surface area (Å²) >= 11 is 5.81. The minimum atomic E-state index is -0.652. The topological polar surface area (TPSA) is 91.2 Å². The summed E-state index contributed by atoms with van der Waals surface area (Å²) in [5, 5.41) is 14.5. The Balaban J connectivity index is 1.81. The molecule has 134 valence electrons. The van der Waals surface area contributed by atoms with Crippen molar-refractivity contribution in [1.29, 1.82) is 5.26 Å². The second-order valence-electron chi connectivity index (χ2n) is 5.51. The molecule has 7 heteroatoms. The number of anilines is 1. The van der Waals surface area contributed by atoms with Crippen molar-refractivity contribution in [3.05, 3.63) is 59.1 Å². The molecule has 0 aliphatic rings. The molecule has 0 bridgehead atoms. The van der Waals surface area contributed by atoms with E-state index in [2.05, 4.69) is 10.6 Å². The van der Waals surface area contributed by atoms with Gasteiger partial charge in [0.2, 0.25) is 5.91 Å². The first-order valence-electron chi connectivity index (χ1n) is 7.93. The lowest BCUT2D eigenvalue weighted by Gasteiger charge is -2.15. The molecule has 0 radical (unpaired) electrons. The van der Waals surface area contributed by atoms with Gasteiger partial charge in [-0.25, -0.2) is 0 Å². The molecule has 0 heterocycles. The summed E-state index contributed by atoms with van der Waals surface area (Å²) in [6, 6.07) is 15.6. The number of ether oxygens (including phenoxy) is 1. The molecule has 1 atom stereocenters. The molecule has 0 aliphatic carbocycles. The zero-order valence-electron chi connectivity index (χ0n) is 14.2. The molecule has 2 N–H and O–H groups in total. The Labute approximate surface area is 156 Å². The number of amides is 2. The van der Waals surface area contributed by atoms with E-state index in [-0.39, 0.29) is 18.2 Å². The predicted octanol–water partition coefficient (Wildman–Crippen LogP) is 3.28. The second kappa shape index (κ2) is 9.44. The van der Waals surface area contributed by atoms with Crippen molar-refractivity contribution in [3.8, 4) is 11.8 Å². The maximum Gasteiger partial charge on any atom is 0.261 e. The summed E-state index contributed by atoms with van der Waals surface area (Å²) in [5.41, 5.74) is 1.47. The molecular weight excluding hydrogens is 354 g/mol. The van der Waals surface area contributed by atoms with Crippen molar-refractivity contribution < 1.29 is 14.3 Å². The number of nitrogens with zero attached hydrogens (tertiary/aromatic N) is 1. The van der Waals surface area contributed by atoms with Gasteiger partial charge >= 0.3 is 0 Å². The summed E-state index contributed by atoms with van der Waals surface area (Å²) in [7, 11) is 0. The van der Waals surface area contributed by atoms with Crippen molar-refractivity contribution in [2.24, 2.45) is 0 Å². The third-order valence-electron chi connectivity index (χ3n) is 3.44. The predicted molar refractivity (Wildman–Crippen MR) is 98.7 cm³/mol. The minimum Gasteiger partial charge on any atom is -0.481 e. The van der Waals surface area contributed by atoms with Crippen molar-refractivity contribution in [1.82, 2.24) is 5.32 Å². The summed E-state index contributed by atoms with van der Waals surface area (Å²) in [5.74, 6) is -0.0393. The van der Waals surface area contributed by atoms with Gasteiger partial charge in [-0.1, -0.05) is 23.7 Å². The van der Waals surface area contributed by atoms with Gasteiger partial charge in [0.15, 0.2) is 6.10 Å². The number of carbonyl (C=O) groups is 2. The van der Waals surface area contributed by atoms with E-state index in [1.54, 1.807) is 61.5 Å². The zero-order chi connectivity index (χ0) is 18.9. The van der Waals surface area contributed by atoms with Gasteiger partial charge < -0.3 is 15.4 Å². The van der Waals surface area contributed by atoms with E-state index in [1.165, 1.54) is 0 Å². The van der Waals surface area contributed by atoms with Crippen LogP contribution in [0.1, 0.15) is 18.9 Å². The zero-order valence-corrected chi connectivity index (χ0v) is 14.9. The Hall–Kier alpha value is -3.04. The number of halogens is 1. The van der Waals surface area contributed by atoms with E-state index >= 15 is 0 Å². The van der Waals surface area contributed by atoms with Crippen molar-refractivity contribution in [3.63, 3.8) is 0 Å². The molecule has 2 aromatic carbocycles. The molecule has 0 saturated carbocycles. The van der Waals surface area contributed by atoms with E-state index < -0.39 is 6.10 Å². The lowest BCUT2D eigenvalue weighted by Crippen LogP contribution is -2.35. The fourth-order valence-electron chi connectivity index (χ4n) is 2.09. The van der Waals surface area contributed by atoms with Crippen LogP contribution in [0.4, 0.5) is 5.69 Å². The van der Waals surface area contributed by atoms with Crippen molar-refractivity contribution in [2.75, 3.05) is 5.32 Å². The Morgan fingerprint density at radius 1 is 1.15 bits per heavy atom. The third kappa shape index (κ3) is 6.11. The number of hydrogen-bond donors (Lipinski definition) is 2. The quantitative estimate of drug-likeness (QED) is 0.781. The van der Waals surface area contributed by atoms with E-state index in [9.17, 15) is 9.59 Å². The second-order valence-corrected chi connectivity index (χ2v) is 5.95. The number of nitriles is 1. The van der Waals surface area contributed by atoms with Gasteiger partial charge in [-0.05, 0) is 48.9 Å². The molecule has 26 heavy (non-hydrogen) atoms. The van der Waals surface area contributed by atoms with Crippen LogP contribution in [0.15, 0.2) is 48.5 Å². The van der Waals surface area contributed by atoms with Crippen molar-refractivity contribution >= 4 is 29.1 Å². The van der Waals surface area contributed by atoms with Crippen LogP contribution in [-0.2, 0) is 16.1 Å². The largest absolute Gasteiger partial charge is 0.481 e. The van der Waals surface area contributed by atoms with Gasteiger partial charge in [-0.2, -0.15) is 5.26 Å². The molecule has 2 amide bonds. The third-order valence-corrected chi connectivity index (χ3v) is 3.69. The minimum absolute atomic E-state index is 0.191. The highest BCUT2D eigenvalue weighted by Gasteiger charge is 2.14. The van der Waals surface area contributed by atoms with Crippen LogP contribution in [0.2, 0.25) is 5.02 Å². The summed E-state index contributed by atoms with van der Waals surface area (Å²) in [4.78, 5) is 23.5. The number of benzene rings is 2. The molecule has 0 saturated heterocycles. The Bertz CT molecular complexity index is 798. The first-order chi connectivity index (χ1) is 12.5. The number of rotatable bonds is 7. The first kappa shape index (κ1) is 19.3. The highest BCUT2D eigenvalue weighted by atomic mass is 35.5. The van der Waals surface area contributed by atoms with E-state index in [4.69, 9.17) is 21.6 Å². The molecule has 2 aromatic rings. The normalized spacial score (nSPS) is 11.1. The lowest BCUT2D eigenvalue weighted by molar-refractivity contribution is -0.127. The maximum absolute atomic E-state index is 12.1. The lowest BCUT2D eigenvalue weighted by atomic mass is 10.2. The summed E-state index contributed by atoms with van der Waals surface area (Å²) < 4.78 is 5.56. The van der Waals surface area contributed by atoms with E-state index in [1.807, 2.05) is 0 Å². The molecule has 0 aliphatic heterocycles. The smallest absolute Gasteiger partial charge is 0.261 e. The number of nitrogens with one attached hydrogen (secondary N) is 2. The molecule has 6 nitrogen and oxygen atoms in total. The molecular formula is C19H18ClN3O3. The van der Waals surface area contributed by atoms with Gasteiger partial charge in [0.25, 0.3) is 5.91 Å². The molecule has 0 spiro atoms. The van der Waals surface area contributed by atoms with Gasteiger partial charge in [0.1, 0.15) is 12.2 Å². The molecule has 0 aromatic heterocycles. The van der Waals surface area contributed by atoms with Crippen LogP contribution in [0, 0.1) is 11.3 Å². The summed E-state index contributed by atoms with van der Waals surface area (Å²) in [6.45, 7) is 2.00. The van der Waals surface area contributed by atoms with Crippen LogP contribution < -0.4 is 15.4 Å². The highest BCUT2D eigenvalue weighted by molar-refractivity contribution is 6.30. The Morgan fingerprint density at radius 3 is 2.42 bits per heavy atom.